The maximum absolute atomic E-state index is 13.3. The van der Waals surface area contributed by atoms with Crippen molar-refractivity contribution in [3.63, 3.8) is 0 Å². The molecule has 3 nitrogen and oxygen atoms in total. The van der Waals surface area contributed by atoms with Crippen LogP contribution in [0.1, 0.15) is 24.6 Å². The van der Waals surface area contributed by atoms with Crippen LogP contribution in [-0.4, -0.2) is 22.9 Å². The molecule has 1 atom stereocenters. The Balaban J connectivity index is 1.94. The molecule has 1 N–H and O–H groups in total. The second-order valence-corrected chi connectivity index (χ2v) is 5.10. The van der Waals surface area contributed by atoms with Gasteiger partial charge in [-0.2, -0.15) is 5.10 Å². The number of benzene rings is 1. The zero-order chi connectivity index (χ0) is 13.2. The van der Waals surface area contributed by atoms with Gasteiger partial charge < -0.3 is 5.32 Å². The lowest BCUT2D eigenvalue weighted by Gasteiger charge is -2.24. The predicted octanol–water partition coefficient (Wildman–Crippen LogP) is 2.92. The number of hydrogen-bond donors (Lipinski definition) is 1. The van der Waals surface area contributed by atoms with Crippen LogP contribution in [0.15, 0.2) is 30.5 Å². The quantitative estimate of drug-likeness (QED) is 0.898. The van der Waals surface area contributed by atoms with Crippen molar-refractivity contribution >= 4 is 0 Å². The minimum atomic E-state index is -0.205. The first-order chi connectivity index (χ1) is 9.25. The Morgan fingerprint density at radius 3 is 3.05 bits per heavy atom. The molecule has 1 saturated heterocycles. The first-order valence-electron chi connectivity index (χ1n) is 6.76. The average molecular weight is 259 g/mol. The number of rotatable bonds is 2. The Bertz CT molecular complexity index is 571. The van der Waals surface area contributed by atoms with E-state index in [4.69, 9.17) is 0 Å². The van der Waals surface area contributed by atoms with Crippen LogP contribution in [-0.2, 0) is 0 Å². The van der Waals surface area contributed by atoms with Crippen molar-refractivity contribution in [2.24, 2.45) is 0 Å². The highest BCUT2D eigenvalue weighted by molar-refractivity contribution is 5.65. The van der Waals surface area contributed by atoms with Gasteiger partial charge in [-0.15, -0.1) is 0 Å². The van der Waals surface area contributed by atoms with Crippen molar-refractivity contribution in [3.8, 4) is 11.1 Å². The predicted molar refractivity (Wildman–Crippen MR) is 73.5 cm³/mol. The summed E-state index contributed by atoms with van der Waals surface area (Å²) < 4.78 is 15.4. The standard InChI is InChI=1S/C15H18FN3/c1-11-15(12-4-2-5-13(16)8-12)10-18-19(11)14-6-3-7-17-9-14/h2,4-5,8,10,14,17H,3,6-7,9H2,1H3. The fourth-order valence-electron chi connectivity index (χ4n) is 2.77. The van der Waals surface area contributed by atoms with E-state index in [9.17, 15) is 4.39 Å². The molecule has 1 aromatic heterocycles. The van der Waals surface area contributed by atoms with Crippen molar-refractivity contribution in [1.29, 1.82) is 0 Å². The van der Waals surface area contributed by atoms with E-state index >= 15 is 0 Å². The third-order valence-electron chi connectivity index (χ3n) is 3.80. The highest BCUT2D eigenvalue weighted by Gasteiger charge is 2.19. The van der Waals surface area contributed by atoms with E-state index in [-0.39, 0.29) is 5.82 Å². The molecule has 2 heterocycles. The van der Waals surface area contributed by atoms with Gasteiger partial charge >= 0.3 is 0 Å². The van der Waals surface area contributed by atoms with Crippen LogP contribution in [0.3, 0.4) is 0 Å². The van der Waals surface area contributed by atoms with Gasteiger partial charge in [0.15, 0.2) is 0 Å². The Labute approximate surface area is 112 Å². The Kier molecular flexibility index (Phi) is 3.34. The van der Waals surface area contributed by atoms with Crippen molar-refractivity contribution < 1.29 is 4.39 Å². The van der Waals surface area contributed by atoms with Crippen molar-refractivity contribution in [3.05, 3.63) is 42.0 Å². The van der Waals surface area contributed by atoms with Gasteiger partial charge in [-0.25, -0.2) is 4.39 Å². The number of piperidine rings is 1. The van der Waals surface area contributed by atoms with Crippen LogP contribution >= 0.6 is 0 Å². The molecule has 1 fully saturated rings. The lowest BCUT2D eigenvalue weighted by Crippen LogP contribution is -2.32. The number of hydrogen-bond acceptors (Lipinski definition) is 2. The summed E-state index contributed by atoms with van der Waals surface area (Å²) in [5.74, 6) is -0.205. The van der Waals surface area contributed by atoms with Gasteiger partial charge in [0.2, 0.25) is 0 Å². The topological polar surface area (TPSA) is 29.9 Å². The molecular weight excluding hydrogens is 241 g/mol. The molecule has 100 valence electrons. The summed E-state index contributed by atoms with van der Waals surface area (Å²) in [6.45, 7) is 4.11. The lowest BCUT2D eigenvalue weighted by molar-refractivity contribution is 0.342. The second kappa shape index (κ2) is 5.13. The zero-order valence-corrected chi connectivity index (χ0v) is 11.1. The summed E-state index contributed by atoms with van der Waals surface area (Å²) in [5, 5.41) is 7.90. The highest BCUT2D eigenvalue weighted by atomic mass is 19.1. The summed E-state index contributed by atoms with van der Waals surface area (Å²) in [5.41, 5.74) is 3.02. The zero-order valence-electron chi connectivity index (χ0n) is 11.1. The van der Waals surface area contributed by atoms with Crippen LogP contribution in [0.25, 0.3) is 11.1 Å². The van der Waals surface area contributed by atoms with Gasteiger partial charge in [0.05, 0.1) is 12.2 Å². The molecule has 1 unspecified atom stereocenters. The first-order valence-corrected chi connectivity index (χ1v) is 6.76. The number of halogens is 1. The molecule has 0 spiro atoms. The fraction of sp³-hybridized carbons (Fsp3) is 0.400. The van der Waals surface area contributed by atoms with Crippen molar-refractivity contribution in [2.75, 3.05) is 13.1 Å². The van der Waals surface area contributed by atoms with Gasteiger partial charge in [0, 0.05) is 17.8 Å². The SMILES string of the molecule is Cc1c(-c2cccc(F)c2)cnn1C1CCCNC1. The number of aromatic nitrogens is 2. The van der Waals surface area contributed by atoms with Crippen LogP contribution in [0, 0.1) is 12.7 Å². The fourth-order valence-corrected chi connectivity index (χ4v) is 2.77. The van der Waals surface area contributed by atoms with E-state index in [1.165, 1.54) is 12.5 Å². The van der Waals surface area contributed by atoms with Gasteiger partial charge in [-0.1, -0.05) is 12.1 Å². The third-order valence-corrected chi connectivity index (χ3v) is 3.80. The lowest BCUT2D eigenvalue weighted by atomic mass is 10.1. The maximum atomic E-state index is 13.3. The molecule has 3 rings (SSSR count). The van der Waals surface area contributed by atoms with Crippen LogP contribution in [0.5, 0.6) is 0 Å². The van der Waals surface area contributed by atoms with Gasteiger partial charge in [-0.3, -0.25) is 4.68 Å². The number of nitrogens with zero attached hydrogens (tertiary/aromatic N) is 2. The second-order valence-electron chi connectivity index (χ2n) is 5.10. The molecule has 0 amide bonds. The van der Waals surface area contributed by atoms with Crippen molar-refractivity contribution in [2.45, 2.75) is 25.8 Å². The summed E-state index contributed by atoms with van der Waals surface area (Å²) in [6.07, 6.45) is 4.18. The molecule has 19 heavy (non-hydrogen) atoms. The molecule has 0 radical (unpaired) electrons. The third kappa shape index (κ3) is 2.40. The van der Waals surface area contributed by atoms with E-state index in [2.05, 4.69) is 22.0 Å². The summed E-state index contributed by atoms with van der Waals surface area (Å²) >= 11 is 0. The molecule has 4 heteroatoms. The van der Waals surface area contributed by atoms with E-state index in [0.29, 0.717) is 6.04 Å². The molecule has 0 aliphatic carbocycles. The Morgan fingerprint density at radius 1 is 1.42 bits per heavy atom. The monoisotopic (exact) mass is 259 g/mol. The van der Waals surface area contributed by atoms with Crippen LogP contribution in [0.4, 0.5) is 4.39 Å². The smallest absolute Gasteiger partial charge is 0.123 e. The molecular formula is C15H18FN3. The van der Waals surface area contributed by atoms with Crippen LogP contribution in [0.2, 0.25) is 0 Å². The molecule has 0 bridgehead atoms. The molecule has 0 saturated carbocycles. The molecule has 2 aromatic rings. The normalized spacial score (nSPS) is 19.6. The minimum absolute atomic E-state index is 0.205. The molecule has 1 aliphatic rings. The largest absolute Gasteiger partial charge is 0.315 e. The highest BCUT2D eigenvalue weighted by Crippen LogP contribution is 2.27. The van der Waals surface area contributed by atoms with E-state index in [1.807, 2.05) is 12.3 Å². The Hall–Kier alpha value is -1.68. The van der Waals surface area contributed by atoms with Gasteiger partial charge in [0.1, 0.15) is 5.82 Å². The average Bonchev–Trinajstić information content (AvgIpc) is 2.81. The summed E-state index contributed by atoms with van der Waals surface area (Å²) in [7, 11) is 0. The van der Waals surface area contributed by atoms with Crippen LogP contribution < -0.4 is 5.32 Å². The van der Waals surface area contributed by atoms with Gasteiger partial charge in [-0.05, 0) is 44.0 Å². The van der Waals surface area contributed by atoms with Gasteiger partial charge in [0.25, 0.3) is 0 Å². The summed E-state index contributed by atoms with van der Waals surface area (Å²) in [6, 6.07) is 7.11. The molecule has 1 aromatic carbocycles. The number of nitrogens with one attached hydrogen (secondary N) is 1. The van der Waals surface area contributed by atoms with E-state index in [0.717, 1.165) is 36.3 Å². The van der Waals surface area contributed by atoms with E-state index < -0.39 is 0 Å². The Morgan fingerprint density at radius 2 is 2.32 bits per heavy atom. The minimum Gasteiger partial charge on any atom is -0.315 e. The maximum Gasteiger partial charge on any atom is 0.123 e. The first kappa shape index (κ1) is 12.4. The van der Waals surface area contributed by atoms with E-state index in [1.54, 1.807) is 12.1 Å². The van der Waals surface area contributed by atoms with Crippen molar-refractivity contribution in [1.82, 2.24) is 15.1 Å². The summed E-state index contributed by atoms with van der Waals surface area (Å²) in [4.78, 5) is 0. The molecule has 1 aliphatic heterocycles.